The number of ketones is 1. The summed E-state index contributed by atoms with van der Waals surface area (Å²) in [6.07, 6.45) is -6.04. The Bertz CT molecular complexity index is 1360. The standard InChI is InChI=1S/C32H48Cl3N7O10/c1-9-21-15(4)16(5)23(39-41-37)29(47-21)50-26-17(6)20(12-45-11-14(3)46-13-43)28(51-27(26)19(8)44)49-25-18(7)24(40-42-38)30(48-22(25)10-2)52-31(36)32(33,34)35/h13,15-18,20-30,36H,3,9-12H2,1-2,4-8H3/t15-,16-,17+,18+,20?,21-,22?,23?,24?,25-,26-,27-,28+,29+,30+/m0/s1. The summed E-state index contributed by atoms with van der Waals surface area (Å²) in [6, 6.07) is -1.72. The third-order valence-electron chi connectivity index (χ3n) is 10.1. The molecule has 3 saturated heterocycles. The van der Waals surface area contributed by atoms with Crippen LogP contribution in [0.5, 0.6) is 0 Å². The van der Waals surface area contributed by atoms with Crippen LogP contribution in [0.25, 0.3) is 20.9 Å². The van der Waals surface area contributed by atoms with Crippen LogP contribution in [-0.2, 0) is 47.5 Å². The van der Waals surface area contributed by atoms with Gasteiger partial charge in [-0.15, -0.1) is 0 Å². The van der Waals surface area contributed by atoms with Crippen molar-refractivity contribution < 1.29 is 47.5 Å². The molecule has 3 heterocycles. The van der Waals surface area contributed by atoms with Crippen molar-refractivity contribution in [1.82, 2.24) is 0 Å². The summed E-state index contributed by atoms with van der Waals surface area (Å²) in [5.41, 5.74) is 18.8. The fourth-order valence-electron chi connectivity index (χ4n) is 6.92. The predicted octanol–water partition coefficient (Wildman–Crippen LogP) is 6.93. The summed E-state index contributed by atoms with van der Waals surface area (Å²) in [5.74, 6) is -2.78. The van der Waals surface area contributed by atoms with E-state index in [0.29, 0.717) is 12.8 Å². The molecule has 3 aliphatic rings. The van der Waals surface area contributed by atoms with E-state index in [-0.39, 0.29) is 49.2 Å². The van der Waals surface area contributed by atoms with Gasteiger partial charge >= 0.3 is 0 Å². The molecule has 4 unspecified atom stereocenters. The Morgan fingerprint density at radius 2 is 1.46 bits per heavy atom. The summed E-state index contributed by atoms with van der Waals surface area (Å²) in [4.78, 5) is 30.1. The molecule has 3 rings (SSSR count). The van der Waals surface area contributed by atoms with E-state index in [9.17, 15) is 20.7 Å². The molecule has 0 aliphatic carbocycles. The number of nitrogens with one attached hydrogen (secondary N) is 1. The lowest BCUT2D eigenvalue weighted by Crippen LogP contribution is -2.61. The summed E-state index contributed by atoms with van der Waals surface area (Å²) >= 11 is 17.5. The Morgan fingerprint density at radius 1 is 0.885 bits per heavy atom. The van der Waals surface area contributed by atoms with Crippen LogP contribution in [0.4, 0.5) is 0 Å². The van der Waals surface area contributed by atoms with Gasteiger partial charge in [0.05, 0.1) is 37.1 Å². The Balaban J connectivity index is 1.98. The van der Waals surface area contributed by atoms with Crippen LogP contribution in [-0.4, -0.2) is 96.6 Å². The lowest BCUT2D eigenvalue weighted by atomic mass is 9.80. The first kappa shape index (κ1) is 44.0. The van der Waals surface area contributed by atoms with E-state index in [0.717, 1.165) is 0 Å². The number of hydrogen-bond donors (Lipinski definition) is 1. The summed E-state index contributed by atoms with van der Waals surface area (Å²) in [7, 11) is 0. The number of ether oxygens (including phenoxy) is 8. The molecule has 0 bridgehead atoms. The molecule has 0 aromatic carbocycles. The first-order valence-corrected chi connectivity index (χ1v) is 18.2. The van der Waals surface area contributed by atoms with Crippen molar-refractivity contribution >= 4 is 53.0 Å². The van der Waals surface area contributed by atoms with Gasteiger partial charge in [-0.2, -0.15) is 0 Å². The second kappa shape index (κ2) is 19.8. The molecule has 3 fully saturated rings. The lowest BCUT2D eigenvalue weighted by Gasteiger charge is -2.50. The van der Waals surface area contributed by atoms with Crippen molar-refractivity contribution in [3.8, 4) is 0 Å². The average Bonchev–Trinajstić information content (AvgIpc) is 3.08. The summed E-state index contributed by atoms with van der Waals surface area (Å²) in [6.45, 7) is 16.5. The van der Waals surface area contributed by atoms with Crippen LogP contribution < -0.4 is 0 Å². The first-order valence-electron chi connectivity index (χ1n) is 17.1. The number of halogens is 3. The fraction of sp³-hybridized carbons (Fsp3) is 0.844. The number of Topliss-reactive ketones (excluding diaryl/α,β-unsaturated/α-hetero) is 1. The number of carbonyl (C=O) groups is 2. The van der Waals surface area contributed by atoms with Crippen molar-refractivity contribution in [3.63, 3.8) is 0 Å². The molecule has 292 valence electrons. The van der Waals surface area contributed by atoms with E-state index in [1.807, 2.05) is 34.6 Å². The molecular weight excluding hydrogens is 749 g/mol. The molecular formula is C32H48Cl3N7O10. The highest BCUT2D eigenvalue weighted by atomic mass is 35.6. The smallest absolute Gasteiger partial charge is 0.298 e. The second-order valence-electron chi connectivity index (χ2n) is 13.3. The normalized spacial score (nSPS) is 37.8. The number of rotatable bonds is 16. The Kier molecular flexibility index (Phi) is 16.7. The average molecular weight is 797 g/mol. The van der Waals surface area contributed by atoms with Crippen molar-refractivity contribution in [2.24, 2.45) is 39.8 Å². The molecule has 3 aliphatic heterocycles. The topological polar surface area (TPSA) is 229 Å². The highest BCUT2D eigenvalue weighted by Crippen LogP contribution is 2.42. The third kappa shape index (κ3) is 10.6. The van der Waals surface area contributed by atoms with Crippen LogP contribution in [0.15, 0.2) is 22.6 Å². The zero-order valence-corrected chi connectivity index (χ0v) is 32.4. The van der Waals surface area contributed by atoms with Gasteiger partial charge in [0.1, 0.15) is 24.5 Å². The van der Waals surface area contributed by atoms with Gasteiger partial charge in [0.2, 0.25) is 12.2 Å². The summed E-state index contributed by atoms with van der Waals surface area (Å²) in [5, 5.41) is 15.9. The maximum atomic E-state index is 13.3. The number of azide groups is 2. The van der Waals surface area contributed by atoms with Crippen LogP contribution in [0.2, 0.25) is 0 Å². The van der Waals surface area contributed by atoms with E-state index in [2.05, 4.69) is 26.6 Å². The van der Waals surface area contributed by atoms with Gasteiger partial charge in [-0.3, -0.25) is 15.0 Å². The van der Waals surface area contributed by atoms with Gasteiger partial charge in [-0.1, -0.05) is 93.2 Å². The molecule has 0 amide bonds. The first-order chi connectivity index (χ1) is 24.5. The van der Waals surface area contributed by atoms with Gasteiger partial charge < -0.3 is 37.9 Å². The molecule has 0 aromatic rings. The van der Waals surface area contributed by atoms with E-state index in [4.69, 9.17) is 78.1 Å². The van der Waals surface area contributed by atoms with E-state index < -0.39 is 82.8 Å². The third-order valence-corrected chi connectivity index (χ3v) is 10.6. The van der Waals surface area contributed by atoms with Crippen LogP contribution in [0.1, 0.15) is 61.3 Å². The van der Waals surface area contributed by atoms with Crippen molar-refractivity contribution in [3.05, 3.63) is 33.2 Å². The minimum Gasteiger partial charge on any atom is -0.448 e. The van der Waals surface area contributed by atoms with Crippen LogP contribution in [0, 0.1) is 35.0 Å². The van der Waals surface area contributed by atoms with Gasteiger partial charge in [0.25, 0.3) is 10.3 Å². The molecule has 0 aromatic heterocycles. The number of hydrogen-bond acceptors (Lipinski definition) is 13. The monoisotopic (exact) mass is 795 g/mol. The predicted molar refractivity (Wildman–Crippen MR) is 189 cm³/mol. The SMILES string of the molecule is C=C(COCC1[C@H](O[C@@H]2C(CC)O[C@H](OC(=N)C(Cl)(Cl)Cl)C(N=[N+]=[N-])[C@H]2C)O[C@@H](C(C)=O)[C@@H](O[C@H]2O[C@@H](CC)[C@@H](C)[C@H](C)C2N=[N+]=[N-])[C@@H]1C)OC=O. The minimum absolute atomic E-state index is 0.0292. The van der Waals surface area contributed by atoms with Gasteiger partial charge in [0.15, 0.2) is 18.4 Å². The summed E-state index contributed by atoms with van der Waals surface area (Å²) < 4.78 is 46.2. The van der Waals surface area contributed by atoms with Crippen molar-refractivity contribution in [2.75, 3.05) is 13.2 Å². The van der Waals surface area contributed by atoms with Gasteiger partial charge in [-0.05, 0) is 54.5 Å². The number of carbonyl (C=O) groups excluding carboxylic acids is 2. The molecule has 20 heteroatoms. The van der Waals surface area contributed by atoms with Gasteiger partial charge in [0, 0.05) is 15.7 Å². The second-order valence-corrected chi connectivity index (χ2v) is 15.6. The lowest BCUT2D eigenvalue weighted by molar-refractivity contribution is -0.337. The Labute approximate surface area is 317 Å². The number of nitrogens with zero attached hydrogens (tertiary/aromatic N) is 6. The zero-order valence-electron chi connectivity index (χ0n) is 30.2. The van der Waals surface area contributed by atoms with Crippen LogP contribution >= 0.6 is 34.8 Å². The van der Waals surface area contributed by atoms with E-state index in [1.165, 1.54) is 6.92 Å². The van der Waals surface area contributed by atoms with Gasteiger partial charge in [-0.25, -0.2) is 0 Å². The van der Waals surface area contributed by atoms with E-state index in [1.54, 1.807) is 6.92 Å². The highest BCUT2D eigenvalue weighted by molar-refractivity contribution is 6.76. The molecule has 0 saturated carbocycles. The highest BCUT2D eigenvalue weighted by Gasteiger charge is 2.53. The molecule has 17 nitrogen and oxygen atoms in total. The molecule has 0 spiro atoms. The van der Waals surface area contributed by atoms with Crippen LogP contribution in [0.3, 0.4) is 0 Å². The molecule has 1 N–H and O–H groups in total. The molecule has 0 radical (unpaired) electrons. The molecule has 15 atom stereocenters. The van der Waals surface area contributed by atoms with E-state index >= 15 is 0 Å². The zero-order chi connectivity index (χ0) is 38.9. The molecule has 52 heavy (non-hydrogen) atoms. The number of alkyl halides is 3. The van der Waals surface area contributed by atoms with Crippen molar-refractivity contribution in [2.45, 2.75) is 127 Å². The Hall–Kier alpha value is -2.40. The Morgan fingerprint density at radius 3 is 2.00 bits per heavy atom. The minimum atomic E-state index is -2.19. The largest absolute Gasteiger partial charge is 0.448 e. The van der Waals surface area contributed by atoms with Crippen molar-refractivity contribution in [1.29, 1.82) is 5.41 Å². The maximum absolute atomic E-state index is 13.3. The quantitative estimate of drug-likeness (QED) is 0.0247. The maximum Gasteiger partial charge on any atom is 0.298 e. The fourth-order valence-corrected chi connectivity index (χ4v) is 7.05.